The lowest BCUT2D eigenvalue weighted by atomic mass is 10.0. The van der Waals surface area contributed by atoms with Crippen LogP contribution in [0.3, 0.4) is 0 Å². The third-order valence-corrected chi connectivity index (χ3v) is 3.28. The lowest BCUT2D eigenvalue weighted by molar-refractivity contribution is -0.178. The molecule has 1 saturated heterocycles. The lowest BCUT2D eigenvalue weighted by Crippen LogP contribution is -2.55. The average Bonchev–Trinajstić information content (AvgIpc) is 2.41. The van der Waals surface area contributed by atoms with Crippen molar-refractivity contribution in [1.29, 1.82) is 0 Å². The molecule has 0 aliphatic carbocycles. The van der Waals surface area contributed by atoms with Crippen LogP contribution >= 0.6 is 11.6 Å². The number of aliphatic hydroxyl groups excluding tert-OH is 3. The third-order valence-electron chi connectivity index (χ3n) is 2.96. The van der Waals surface area contributed by atoms with E-state index in [0.717, 1.165) is 0 Å². The van der Waals surface area contributed by atoms with Crippen molar-refractivity contribution in [3.05, 3.63) is 28.4 Å². The molecule has 112 valence electrons. The maximum absolute atomic E-state index is 10.9. The molecule has 0 amide bonds. The van der Waals surface area contributed by atoms with E-state index in [1.165, 1.54) is 18.2 Å². The van der Waals surface area contributed by atoms with Crippen molar-refractivity contribution in [1.82, 2.24) is 0 Å². The zero-order valence-electron chi connectivity index (χ0n) is 10.2. The number of rotatable bonds is 3. The summed E-state index contributed by atoms with van der Waals surface area (Å²) in [7, 11) is 0. The first-order valence-electron chi connectivity index (χ1n) is 5.78. The molecule has 0 bridgehead atoms. The third kappa shape index (κ3) is 3.13. The summed E-state index contributed by atoms with van der Waals surface area (Å²) >= 11 is 5.72. The molecule has 1 aromatic carbocycles. The maximum Gasteiger partial charge on any atom is 0.156 e. The molecule has 1 fully saturated rings. The average molecular weight is 306 g/mol. The number of ether oxygens (including phenoxy) is 1. The van der Waals surface area contributed by atoms with Gasteiger partial charge in [0.1, 0.15) is 18.3 Å². The van der Waals surface area contributed by atoms with Crippen LogP contribution in [-0.2, 0) is 4.74 Å². The number of nitrogens with one attached hydrogen (secondary N) is 1. The van der Waals surface area contributed by atoms with Crippen LogP contribution in [-0.4, -0.2) is 51.7 Å². The van der Waals surface area contributed by atoms with E-state index in [-0.39, 0.29) is 22.5 Å². The van der Waals surface area contributed by atoms with Crippen LogP contribution in [0.15, 0.2) is 18.2 Å². The zero-order chi connectivity index (χ0) is 14.9. The number of aliphatic hydroxyl groups is 3. The molecule has 1 aliphatic heterocycles. The summed E-state index contributed by atoms with van der Waals surface area (Å²) in [4.78, 5) is 0. The number of hydrogen-bond acceptors (Lipinski definition) is 8. The Morgan fingerprint density at radius 3 is 2.65 bits per heavy atom. The minimum atomic E-state index is -1.35. The van der Waals surface area contributed by atoms with Gasteiger partial charge in [0.05, 0.1) is 17.3 Å². The van der Waals surface area contributed by atoms with Crippen LogP contribution in [0, 0.1) is 5.21 Å². The summed E-state index contributed by atoms with van der Waals surface area (Å²) < 4.78 is 5.15. The fourth-order valence-corrected chi connectivity index (χ4v) is 2.04. The molecule has 1 aliphatic rings. The second-order valence-electron chi connectivity index (χ2n) is 4.39. The molecule has 20 heavy (non-hydrogen) atoms. The van der Waals surface area contributed by atoms with Crippen molar-refractivity contribution < 1.29 is 25.3 Å². The van der Waals surface area contributed by atoms with Gasteiger partial charge in [-0.15, -0.1) is 0 Å². The summed E-state index contributed by atoms with van der Waals surface area (Å²) in [6.07, 6.45) is -4.84. The Hall–Kier alpha value is -1.13. The van der Waals surface area contributed by atoms with Gasteiger partial charge < -0.3 is 35.8 Å². The van der Waals surface area contributed by atoms with Crippen LogP contribution in [0.1, 0.15) is 0 Å². The Bertz CT molecular complexity index is 474. The first-order valence-corrected chi connectivity index (χ1v) is 6.16. The molecule has 0 spiro atoms. The van der Waals surface area contributed by atoms with Gasteiger partial charge >= 0.3 is 0 Å². The smallest absolute Gasteiger partial charge is 0.156 e. The molecular formula is C11H14ClN2O6-. The predicted molar refractivity (Wildman–Crippen MR) is 70.5 cm³/mol. The number of benzene rings is 1. The van der Waals surface area contributed by atoms with E-state index < -0.39 is 24.5 Å². The molecule has 0 saturated carbocycles. The molecule has 8 nitrogen and oxygen atoms in total. The maximum atomic E-state index is 10.9. The predicted octanol–water partition coefficient (Wildman–Crippen LogP) is -0.116. The second-order valence-corrected chi connectivity index (χ2v) is 4.79. The topological polar surface area (TPSA) is 128 Å². The van der Waals surface area contributed by atoms with E-state index in [9.17, 15) is 20.5 Å². The van der Waals surface area contributed by atoms with Crippen LogP contribution in [0.5, 0.6) is 0 Å². The van der Waals surface area contributed by atoms with Gasteiger partial charge in [-0.05, 0) is 18.2 Å². The van der Waals surface area contributed by atoms with Crippen molar-refractivity contribution in [2.24, 2.45) is 0 Å². The molecule has 1 aromatic rings. The zero-order valence-corrected chi connectivity index (χ0v) is 10.9. The van der Waals surface area contributed by atoms with Crippen molar-refractivity contribution >= 4 is 23.0 Å². The van der Waals surface area contributed by atoms with Crippen molar-refractivity contribution in [3.63, 3.8) is 0 Å². The molecular weight excluding hydrogens is 292 g/mol. The van der Waals surface area contributed by atoms with Gasteiger partial charge in [0.25, 0.3) is 0 Å². The van der Waals surface area contributed by atoms with Gasteiger partial charge in [0.15, 0.2) is 6.23 Å². The van der Waals surface area contributed by atoms with Crippen LogP contribution in [0.4, 0.5) is 11.4 Å². The summed E-state index contributed by atoms with van der Waals surface area (Å²) in [6, 6.07) is 4.13. The van der Waals surface area contributed by atoms with E-state index >= 15 is 0 Å². The Morgan fingerprint density at radius 2 is 2.00 bits per heavy atom. The first kappa shape index (κ1) is 15.3. The molecule has 5 N–H and O–H groups in total. The summed E-state index contributed by atoms with van der Waals surface area (Å²) in [5.74, 6) is 0. The molecule has 4 atom stereocenters. The van der Waals surface area contributed by atoms with Gasteiger partial charge in [-0.1, -0.05) is 11.6 Å². The van der Waals surface area contributed by atoms with E-state index in [0.29, 0.717) is 5.69 Å². The van der Waals surface area contributed by atoms with Crippen molar-refractivity contribution in [3.8, 4) is 0 Å². The van der Waals surface area contributed by atoms with Gasteiger partial charge in [0, 0.05) is 5.69 Å². The molecule has 9 heteroatoms. The minimum Gasteiger partial charge on any atom is -0.733 e. The Balaban J connectivity index is 2.12. The van der Waals surface area contributed by atoms with Crippen molar-refractivity contribution in [2.45, 2.75) is 24.5 Å². The number of nitrogens with zero attached hydrogens (tertiary/aromatic N) is 1. The van der Waals surface area contributed by atoms with E-state index in [2.05, 4.69) is 5.32 Å². The first-order chi connectivity index (χ1) is 9.40. The molecule has 2 rings (SSSR count). The van der Waals surface area contributed by atoms with Gasteiger partial charge in [-0.3, -0.25) is 5.21 Å². The normalized spacial score (nSPS) is 30.1. The summed E-state index contributed by atoms with van der Waals surface area (Å²) in [5.41, 5.74) is 0.162. The molecule has 1 heterocycles. The number of halogens is 1. The van der Waals surface area contributed by atoms with Gasteiger partial charge in [-0.25, -0.2) is 0 Å². The Kier molecular flexibility index (Phi) is 4.66. The SMILES string of the molecule is [O-]N(O)c1cc(N[C@@H]2OC[C@@H](O)[C@@H](O)[C@H]2O)ccc1Cl. The molecule has 0 radical (unpaired) electrons. The van der Waals surface area contributed by atoms with Crippen LogP contribution in [0.25, 0.3) is 0 Å². The fourth-order valence-electron chi connectivity index (χ4n) is 1.85. The van der Waals surface area contributed by atoms with Gasteiger partial charge in [-0.2, -0.15) is 0 Å². The highest BCUT2D eigenvalue weighted by Crippen LogP contribution is 2.29. The monoisotopic (exact) mass is 305 g/mol. The Labute approximate surface area is 119 Å². The largest absolute Gasteiger partial charge is 0.733 e. The van der Waals surface area contributed by atoms with E-state index in [1.54, 1.807) is 0 Å². The minimum absolute atomic E-state index is 0.0496. The highest BCUT2D eigenvalue weighted by Gasteiger charge is 2.37. The van der Waals surface area contributed by atoms with E-state index in [1.807, 2.05) is 0 Å². The van der Waals surface area contributed by atoms with E-state index in [4.69, 9.17) is 21.5 Å². The quantitative estimate of drug-likeness (QED) is 0.489. The van der Waals surface area contributed by atoms with Crippen LogP contribution in [0.2, 0.25) is 5.02 Å². The lowest BCUT2D eigenvalue weighted by Gasteiger charge is -2.36. The highest BCUT2D eigenvalue weighted by atomic mass is 35.5. The molecule has 0 unspecified atom stereocenters. The van der Waals surface area contributed by atoms with Crippen LogP contribution < -0.4 is 10.5 Å². The Morgan fingerprint density at radius 1 is 1.30 bits per heavy atom. The summed E-state index contributed by atoms with van der Waals surface area (Å²) in [6.45, 7) is -0.149. The fraction of sp³-hybridized carbons (Fsp3) is 0.455. The molecule has 0 aromatic heterocycles. The number of anilines is 2. The standard InChI is InChI=1S/C11H14ClN2O6/c12-6-2-1-5(3-7(6)14(18)19)13-11-10(17)9(16)8(15)4-20-11/h1-3,8-11,13,15-18H,4H2/q-1/t8-,9-,10-,11-/m1/s1. The number of hydrogen-bond donors (Lipinski definition) is 5. The van der Waals surface area contributed by atoms with Gasteiger partial charge in [0.2, 0.25) is 0 Å². The van der Waals surface area contributed by atoms with Crippen molar-refractivity contribution in [2.75, 3.05) is 17.2 Å². The summed E-state index contributed by atoms with van der Waals surface area (Å²) in [5, 5.41) is 50.8. The highest BCUT2D eigenvalue weighted by molar-refractivity contribution is 6.33. The second kappa shape index (κ2) is 6.10.